The Kier molecular flexibility index (Phi) is 8.72. The van der Waals surface area contributed by atoms with E-state index < -0.39 is 0 Å². The molecule has 114 valence electrons. The number of nitrogens with one attached hydrogen (secondary N) is 1. The summed E-state index contributed by atoms with van der Waals surface area (Å²) in [5, 5.41) is 4.34. The molecule has 0 aliphatic carbocycles. The van der Waals surface area contributed by atoms with E-state index in [0.29, 0.717) is 6.04 Å². The lowest BCUT2D eigenvalue weighted by molar-refractivity contribution is 0.234. The third-order valence-electron chi connectivity index (χ3n) is 3.72. The molecule has 0 aromatic heterocycles. The smallest absolute Gasteiger partial charge is 0.119 e. The highest BCUT2D eigenvalue weighted by molar-refractivity contribution is 6.30. The van der Waals surface area contributed by atoms with Gasteiger partial charge in [0, 0.05) is 11.1 Å². The Balaban J connectivity index is 2.48. The maximum absolute atomic E-state index is 5.89. The van der Waals surface area contributed by atoms with E-state index in [2.05, 4.69) is 26.1 Å². The molecular weight excluding hydrogens is 270 g/mol. The molecular formula is C17H28ClNO. The Morgan fingerprint density at radius 2 is 1.75 bits per heavy atom. The van der Waals surface area contributed by atoms with Crippen molar-refractivity contribution in [3.8, 4) is 5.75 Å². The van der Waals surface area contributed by atoms with E-state index in [-0.39, 0.29) is 0 Å². The molecule has 1 aromatic rings. The minimum absolute atomic E-state index is 0.426. The monoisotopic (exact) mass is 297 g/mol. The fourth-order valence-corrected chi connectivity index (χ4v) is 2.44. The second-order valence-corrected chi connectivity index (χ2v) is 5.77. The van der Waals surface area contributed by atoms with Crippen LogP contribution in [0.1, 0.15) is 46.5 Å². The Labute approximate surface area is 128 Å². The van der Waals surface area contributed by atoms with Gasteiger partial charge in [-0.3, -0.25) is 0 Å². The minimum atomic E-state index is 0.426. The summed E-state index contributed by atoms with van der Waals surface area (Å²) in [7, 11) is 0. The van der Waals surface area contributed by atoms with Gasteiger partial charge < -0.3 is 10.1 Å². The van der Waals surface area contributed by atoms with Gasteiger partial charge in [0.25, 0.3) is 0 Å². The van der Waals surface area contributed by atoms with Gasteiger partial charge in [-0.2, -0.15) is 0 Å². The van der Waals surface area contributed by atoms with Crippen LogP contribution in [-0.4, -0.2) is 19.2 Å². The summed E-state index contributed by atoms with van der Waals surface area (Å²) < 4.78 is 5.89. The number of ether oxygens (including phenoxy) is 1. The molecule has 0 radical (unpaired) electrons. The lowest BCUT2D eigenvalue weighted by Gasteiger charge is -2.23. The zero-order valence-corrected chi connectivity index (χ0v) is 13.7. The van der Waals surface area contributed by atoms with Crippen LogP contribution >= 0.6 is 11.6 Å². The molecule has 0 aliphatic rings. The lowest BCUT2D eigenvalue weighted by atomic mass is 9.95. The highest BCUT2D eigenvalue weighted by atomic mass is 35.5. The van der Waals surface area contributed by atoms with E-state index in [0.717, 1.165) is 36.3 Å². The summed E-state index contributed by atoms with van der Waals surface area (Å²) in [5.41, 5.74) is 0. The predicted octanol–water partition coefficient (Wildman–Crippen LogP) is 4.91. The SMILES string of the molecule is CCCNC(COc1ccc(Cl)cc1)CC(CC)CC. The fraction of sp³-hybridized carbons (Fsp3) is 0.647. The average Bonchev–Trinajstić information content (AvgIpc) is 2.48. The largest absolute Gasteiger partial charge is 0.492 e. The van der Waals surface area contributed by atoms with Crippen molar-refractivity contribution in [2.24, 2.45) is 5.92 Å². The van der Waals surface area contributed by atoms with Crippen LogP contribution in [0.25, 0.3) is 0 Å². The van der Waals surface area contributed by atoms with Crippen LogP contribution in [0, 0.1) is 5.92 Å². The molecule has 1 atom stereocenters. The van der Waals surface area contributed by atoms with Crippen molar-refractivity contribution < 1.29 is 4.74 Å². The standard InChI is InChI=1S/C17H28ClNO/c1-4-11-19-16(12-14(5-2)6-3)13-20-17-9-7-15(18)8-10-17/h7-10,14,16,19H,4-6,11-13H2,1-3H3. The van der Waals surface area contributed by atoms with Gasteiger partial charge in [-0.1, -0.05) is 45.2 Å². The Hall–Kier alpha value is -0.730. The molecule has 0 fully saturated rings. The quantitative estimate of drug-likeness (QED) is 0.662. The van der Waals surface area contributed by atoms with Crippen LogP contribution in [0.5, 0.6) is 5.75 Å². The number of hydrogen-bond acceptors (Lipinski definition) is 2. The first-order valence-electron chi connectivity index (χ1n) is 7.81. The Bertz CT molecular complexity index is 349. The molecule has 1 unspecified atom stereocenters. The van der Waals surface area contributed by atoms with Crippen LogP contribution in [0.15, 0.2) is 24.3 Å². The van der Waals surface area contributed by atoms with Crippen molar-refractivity contribution in [2.45, 2.75) is 52.5 Å². The molecule has 0 aliphatic heterocycles. The number of benzene rings is 1. The summed E-state index contributed by atoms with van der Waals surface area (Å²) in [6, 6.07) is 8.01. The average molecular weight is 298 g/mol. The van der Waals surface area contributed by atoms with Gasteiger partial charge in [-0.05, 0) is 49.6 Å². The normalized spacial score (nSPS) is 12.7. The van der Waals surface area contributed by atoms with Crippen molar-refractivity contribution in [3.63, 3.8) is 0 Å². The van der Waals surface area contributed by atoms with E-state index in [4.69, 9.17) is 16.3 Å². The van der Waals surface area contributed by atoms with E-state index >= 15 is 0 Å². The summed E-state index contributed by atoms with van der Waals surface area (Å²) in [4.78, 5) is 0. The van der Waals surface area contributed by atoms with Crippen LogP contribution in [0.2, 0.25) is 5.02 Å². The summed E-state index contributed by atoms with van der Waals surface area (Å²) >= 11 is 5.88. The molecule has 1 aromatic carbocycles. The van der Waals surface area contributed by atoms with Gasteiger partial charge in [-0.15, -0.1) is 0 Å². The Morgan fingerprint density at radius 3 is 2.30 bits per heavy atom. The summed E-state index contributed by atoms with van der Waals surface area (Å²) in [5.74, 6) is 1.67. The fourth-order valence-electron chi connectivity index (χ4n) is 2.31. The molecule has 3 heteroatoms. The highest BCUT2D eigenvalue weighted by Gasteiger charge is 2.14. The Morgan fingerprint density at radius 1 is 1.10 bits per heavy atom. The molecule has 1 rings (SSSR count). The van der Waals surface area contributed by atoms with Crippen LogP contribution in [-0.2, 0) is 0 Å². The second-order valence-electron chi connectivity index (χ2n) is 5.33. The van der Waals surface area contributed by atoms with Crippen molar-refractivity contribution in [2.75, 3.05) is 13.2 Å². The molecule has 0 amide bonds. The first kappa shape index (κ1) is 17.3. The van der Waals surface area contributed by atoms with E-state index in [1.807, 2.05) is 24.3 Å². The van der Waals surface area contributed by atoms with Gasteiger partial charge >= 0.3 is 0 Å². The first-order valence-corrected chi connectivity index (χ1v) is 8.19. The van der Waals surface area contributed by atoms with Gasteiger partial charge in [0.05, 0.1) is 0 Å². The number of hydrogen-bond donors (Lipinski definition) is 1. The van der Waals surface area contributed by atoms with Gasteiger partial charge in [0.15, 0.2) is 0 Å². The summed E-state index contributed by atoms with van der Waals surface area (Å²) in [6.07, 6.45) is 4.81. The van der Waals surface area contributed by atoms with Gasteiger partial charge in [-0.25, -0.2) is 0 Å². The van der Waals surface area contributed by atoms with Crippen molar-refractivity contribution >= 4 is 11.6 Å². The van der Waals surface area contributed by atoms with Gasteiger partial charge in [0.2, 0.25) is 0 Å². The first-order chi connectivity index (χ1) is 9.69. The third kappa shape index (κ3) is 6.62. The second kappa shape index (κ2) is 10.1. The zero-order valence-electron chi connectivity index (χ0n) is 13.0. The van der Waals surface area contributed by atoms with Crippen LogP contribution in [0.4, 0.5) is 0 Å². The van der Waals surface area contributed by atoms with Crippen LogP contribution in [0.3, 0.4) is 0 Å². The van der Waals surface area contributed by atoms with Crippen molar-refractivity contribution in [1.29, 1.82) is 0 Å². The minimum Gasteiger partial charge on any atom is -0.492 e. The van der Waals surface area contributed by atoms with E-state index in [1.54, 1.807) is 0 Å². The lowest BCUT2D eigenvalue weighted by Crippen LogP contribution is -2.36. The van der Waals surface area contributed by atoms with E-state index in [1.165, 1.54) is 19.3 Å². The topological polar surface area (TPSA) is 21.3 Å². The van der Waals surface area contributed by atoms with Crippen molar-refractivity contribution in [1.82, 2.24) is 5.32 Å². The molecule has 1 N–H and O–H groups in total. The number of rotatable bonds is 10. The molecule has 0 saturated carbocycles. The third-order valence-corrected chi connectivity index (χ3v) is 3.97. The molecule has 2 nitrogen and oxygen atoms in total. The highest BCUT2D eigenvalue weighted by Crippen LogP contribution is 2.18. The maximum atomic E-state index is 5.89. The summed E-state index contributed by atoms with van der Waals surface area (Å²) in [6.45, 7) is 8.50. The van der Waals surface area contributed by atoms with E-state index in [9.17, 15) is 0 Å². The maximum Gasteiger partial charge on any atom is 0.119 e. The molecule has 0 heterocycles. The molecule has 0 spiro atoms. The predicted molar refractivity (Wildman–Crippen MR) is 87.7 cm³/mol. The molecule has 0 saturated heterocycles. The zero-order chi connectivity index (χ0) is 14.8. The molecule has 20 heavy (non-hydrogen) atoms. The van der Waals surface area contributed by atoms with Crippen LogP contribution < -0.4 is 10.1 Å². The van der Waals surface area contributed by atoms with Gasteiger partial charge in [0.1, 0.15) is 12.4 Å². The number of halogens is 1. The molecule has 0 bridgehead atoms. The van der Waals surface area contributed by atoms with Crippen molar-refractivity contribution in [3.05, 3.63) is 29.3 Å².